The third-order valence-corrected chi connectivity index (χ3v) is 5.82. The van der Waals surface area contributed by atoms with Crippen molar-refractivity contribution in [1.29, 1.82) is 0 Å². The third kappa shape index (κ3) is 5.24. The van der Waals surface area contributed by atoms with Gasteiger partial charge in [0.05, 0.1) is 11.5 Å². The van der Waals surface area contributed by atoms with E-state index in [1.54, 1.807) is 12.1 Å². The minimum atomic E-state index is -3.58. The number of carbonyl (C=O) groups excluding carboxylic acids is 1. The average Bonchev–Trinajstić information content (AvgIpc) is 2.61. The van der Waals surface area contributed by atoms with E-state index in [0.717, 1.165) is 13.1 Å². The summed E-state index contributed by atoms with van der Waals surface area (Å²) in [4.78, 5) is 16.9. The number of methoxy groups -OCH3 is 1. The molecule has 0 atom stereocenters. The number of amides is 1. The smallest absolute Gasteiger partial charge is 0.253 e. The second-order valence-corrected chi connectivity index (χ2v) is 8.10. The predicted octanol–water partition coefficient (Wildman–Crippen LogP) is 0.778. The van der Waals surface area contributed by atoms with Crippen LogP contribution in [0.25, 0.3) is 0 Å². The zero-order valence-corrected chi connectivity index (χ0v) is 15.9. The summed E-state index contributed by atoms with van der Waals surface area (Å²) < 4.78 is 31.5. The number of nitrogens with zero attached hydrogens (tertiary/aromatic N) is 2. The quantitative estimate of drug-likeness (QED) is 0.719. The van der Waals surface area contributed by atoms with Crippen LogP contribution in [0.15, 0.2) is 29.2 Å². The van der Waals surface area contributed by atoms with Gasteiger partial charge in [-0.25, -0.2) is 13.1 Å². The molecule has 1 aromatic rings. The van der Waals surface area contributed by atoms with E-state index < -0.39 is 10.0 Å². The normalized spacial score (nSPS) is 16.4. The number of hydrogen-bond donors (Lipinski definition) is 1. The van der Waals surface area contributed by atoms with Crippen LogP contribution in [0.1, 0.15) is 24.2 Å². The second kappa shape index (κ2) is 8.75. The van der Waals surface area contributed by atoms with Crippen molar-refractivity contribution < 1.29 is 17.9 Å². The van der Waals surface area contributed by atoms with Crippen molar-refractivity contribution in [3.05, 3.63) is 29.8 Å². The molecule has 8 heteroatoms. The van der Waals surface area contributed by atoms with Gasteiger partial charge in [-0.15, -0.1) is 0 Å². The van der Waals surface area contributed by atoms with Crippen LogP contribution < -0.4 is 4.72 Å². The molecule has 0 bridgehead atoms. The molecule has 1 aliphatic heterocycles. The summed E-state index contributed by atoms with van der Waals surface area (Å²) >= 11 is 0. The first-order valence-corrected chi connectivity index (χ1v) is 9.95. The average molecular weight is 369 g/mol. The van der Waals surface area contributed by atoms with Gasteiger partial charge in [0.1, 0.15) is 0 Å². The molecule has 0 spiro atoms. The molecule has 1 aliphatic rings. The molecule has 7 nitrogen and oxygen atoms in total. The summed E-state index contributed by atoms with van der Waals surface area (Å²) in [6.45, 7) is 7.91. The molecule has 0 unspecified atom stereocenters. The zero-order chi connectivity index (χ0) is 18.4. The Kier molecular flexibility index (Phi) is 6.95. The Morgan fingerprint density at radius 3 is 2.28 bits per heavy atom. The molecule has 1 heterocycles. The van der Waals surface area contributed by atoms with Gasteiger partial charge in [0.15, 0.2) is 0 Å². The fraction of sp³-hybridized carbons (Fsp3) is 0.588. The number of piperazine rings is 1. The van der Waals surface area contributed by atoms with Crippen LogP contribution >= 0.6 is 0 Å². The van der Waals surface area contributed by atoms with E-state index >= 15 is 0 Å². The Bertz CT molecular complexity index is 666. The molecule has 0 saturated carbocycles. The van der Waals surface area contributed by atoms with Gasteiger partial charge in [-0.05, 0) is 38.1 Å². The maximum absolute atomic E-state index is 12.6. The zero-order valence-electron chi connectivity index (χ0n) is 15.1. The van der Waals surface area contributed by atoms with E-state index in [2.05, 4.69) is 23.5 Å². The van der Waals surface area contributed by atoms with Gasteiger partial charge < -0.3 is 9.64 Å². The van der Waals surface area contributed by atoms with Crippen LogP contribution in [-0.4, -0.2) is 76.6 Å². The van der Waals surface area contributed by atoms with Gasteiger partial charge in [-0.2, -0.15) is 0 Å². The molecule has 140 valence electrons. The summed E-state index contributed by atoms with van der Waals surface area (Å²) in [5.41, 5.74) is 0.508. The summed E-state index contributed by atoms with van der Waals surface area (Å²) in [5, 5.41) is 0. The minimum Gasteiger partial charge on any atom is -0.383 e. The maximum Gasteiger partial charge on any atom is 0.253 e. The number of nitrogens with one attached hydrogen (secondary N) is 1. The highest BCUT2D eigenvalue weighted by Gasteiger charge is 2.23. The lowest BCUT2D eigenvalue weighted by molar-refractivity contribution is 0.0595. The molecule has 1 fully saturated rings. The Morgan fingerprint density at radius 2 is 1.76 bits per heavy atom. The van der Waals surface area contributed by atoms with Crippen molar-refractivity contribution in [2.75, 3.05) is 46.4 Å². The lowest BCUT2D eigenvalue weighted by Crippen LogP contribution is -2.50. The van der Waals surface area contributed by atoms with Gasteiger partial charge in [0.25, 0.3) is 5.91 Å². The van der Waals surface area contributed by atoms with Crippen molar-refractivity contribution in [2.45, 2.75) is 24.8 Å². The fourth-order valence-corrected chi connectivity index (χ4v) is 3.78. The molecule has 2 rings (SSSR count). The van der Waals surface area contributed by atoms with E-state index in [1.165, 1.54) is 19.2 Å². The van der Waals surface area contributed by atoms with Crippen LogP contribution in [0.5, 0.6) is 0 Å². The lowest BCUT2D eigenvalue weighted by Gasteiger charge is -2.37. The predicted molar refractivity (Wildman–Crippen MR) is 96.1 cm³/mol. The van der Waals surface area contributed by atoms with Crippen LogP contribution in [0.2, 0.25) is 0 Å². The highest BCUT2D eigenvalue weighted by atomic mass is 32.2. The maximum atomic E-state index is 12.6. The monoisotopic (exact) mass is 369 g/mol. The number of carbonyl (C=O) groups is 1. The topological polar surface area (TPSA) is 78.9 Å². The Morgan fingerprint density at radius 1 is 1.16 bits per heavy atom. The first-order chi connectivity index (χ1) is 11.8. The van der Waals surface area contributed by atoms with Crippen molar-refractivity contribution in [2.24, 2.45) is 0 Å². The molecule has 0 radical (unpaired) electrons. The number of benzene rings is 1. The number of ether oxygens (including phenoxy) is 1. The summed E-state index contributed by atoms with van der Waals surface area (Å²) in [7, 11) is -2.07. The first-order valence-electron chi connectivity index (χ1n) is 8.47. The molecule has 1 aromatic carbocycles. The van der Waals surface area contributed by atoms with E-state index in [-0.39, 0.29) is 17.3 Å². The van der Waals surface area contributed by atoms with Crippen LogP contribution in [0, 0.1) is 0 Å². The van der Waals surface area contributed by atoms with Crippen molar-refractivity contribution in [1.82, 2.24) is 14.5 Å². The van der Waals surface area contributed by atoms with Crippen molar-refractivity contribution >= 4 is 15.9 Å². The molecule has 0 aliphatic carbocycles. The molecule has 0 aromatic heterocycles. The van der Waals surface area contributed by atoms with Gasteiger partial charge in [0.2, 0.25) is 10.0 Å². The minimum absolute atomic E-state index is 0.0558. The number of rotatable bonds is 7. The lowest BCUT2D eigenvalue weighted by atomic mass is 10.1. The van der Waals surface area contributed by atoms with E-state index in [9.17, 15) is 13.2 Å². The number of sulfonamides is 1. The van der Waals surface area contributed by atoms with E-state index in [0.29, 0.717) is 31.3 Å². The molecular formula is C17H27N3O4S. The summed E-state index contributed by atoms with van der Waals surface area (Å²) in [5.74, 6) is -0.0558. The number of hydrogen-bond acceptors (Lipinski definition) is 5. The second-order valence-electron chi connectivity index (χ2n) is 6.34. The first kappa shape index (κ1) is 19.8. The molecule has 1 saturated heterocycles. The van der Waals surface area contributed by atoms with Gasteiger partial charge in [-0.3, -0.25) is 9.69 Å². The summed E-state index contributed by atoms with van der Waals surface area (Å²) in [6, 6.07) is 6.55. The standard InChI is InChI=1S/C17H27N3O4S/c1-14(2)19-9-11-20(12-10-19)17(21)15-4-6-16(7-5-15)25(22,23)18-8-13-24-3/h4-7,14,18H,8-13H2,1-3H3. The van der Waals surface area contributed by atoms with Crippen molar-refractivity contribution in [3.8, 4) is 0 Å². The molecule has 1 N–H and O–H groups in total. The molecule has 25 heavy (non-hydrogen) atoms. The fourth-order valence-electron chi connectivity index (χ4n) is 2.76. The third-order valence-electron chi connectivity index (χ3n) is 4.34. The molecular weight excluding hydrogens is 342 g/mol. The Hall–Kier alpha value is -1.48. The van der Waals surface area contributed by atoms with Gasteiger partial charge >= 0.3 is 0 Å². The van der Waals surface area contributed by atoms with E-state index in [1.807, 2.05) is 4.90 Å². The van der Waals surface area contributed by atoms with Gasteiger partial charge in [0, 0.05) is 51.4 Å². The Labute approximate surface area is 150 Å². The highest BCUT2D eigenvalue weighted by Crippen LogP contribution is 2.14. The highest BCUT2D eigenvalue weighted by molar-refractivity contribution is 7.89. The molecule has 1 amide bonds. The SMILES string of the molecule is COCCNS(=O)(=O)c1ccc(C(=O)N2CCN(C(C)C)CC2)cc1. The summed E-state index contributed by atoms with van der Waals surface area (Å²) in [6.07, 6.45) is 0. The van der Waals surface area contributed by atoms with Crippen molar-refractivity contribution in [3.63, 3.8) is 0 Å². The van der Waals surface area contributed by atoms with Crippen LogP contribution in [0.3, 0.4) is 0 Å². The Balaban J connectivity index is 1.99. The van der Waals surface area contributed by atoms with E-state index in [4.69, 9.17) is 4.74 Å². The van der Waals surface area contributed by atoms with Crippen LogP contribution in [-0.2, 0) is 14.8 Å². The van der Waals surface area contributed by atoms with Crippen LogP contribution in [0.4, 0.5) is 0 Å². The largest absolute Gasteiger partial charge is 0.383 e. The van der Waals surface area contributed by atoms with Gasteiger partial charge in [-0.1, -0.05) is 0 Å².